The van der Waals surface area contributed by atoms with Crippen molar-refractivity contribution in [3.8, 4) is 5.95 Å². The average molecular weight is 351 g/mol. The van der Waals surface area contributed by atoms with E-state index >= 15 is 0 Å². The lowest BCUT2D eigenvalue weighted by Crippen LogP contribution is -2.21. The highest BCUT2D eigenvalue weighted by molar-refractivity contribution is 6.23. The van der Waals surface area contributed by atoms with Crippen LogP contribution in [-0.4, -0.2) is 25.5 Å². The molecule has 2 N–H and O–H groups in total. The number of carbonyl (C=O) groups excluding carboxylic acids is 1. The predicted octanol–water partition coefficient (Wildman–Crippen LogP) is 3.04. The summed E-state index contributed by atoms with van der Waals surface area (Å²) in [6.45, 7) is 3.71. The molecule has 0 bridgehead atoms. The molecular weight excluding hydrogens is 335 g/mol. The Labute approximate surface area is 141 Å². The fourth-order valence-electron chi connectivity index (χ4n) is 2.77. The fourth-order valence-corrected chi connectivity index (χ4v) is 2.77. The Morgan fingerprint density at radius 1 is 1.24 bits per heavy atom. The molecule has 132 valence electrons. The normalized spacial score (nSPS) is 17.5. The number of nitrogen functional groups attached to an aromatic ring is 1. The number of hydrogen-bond acceptors (Lipinski definition) is 5. The second-order valence-electron chi connectivity index (χ2n) is 6.54. The van der Waals surface area contributed by atoms with Gasteiger partial charge in [0.2, 0.25) is 0 Å². The molecule has 6 nitrogen and oxygen atoms in total. The number of alkyl halides is 3. The number of rotatable bonds is 2. The first kappa shape index (κ1) is 17.1. The van der Waals surface area contributed by atoms with E-state index in [4.69, 9.17) is 5.73 Å². The summed E-state index contributed by atoms with van der Waals surface area (Å²) in [5, 5.41) is 3.56. The van der Waals surface area contributed by atoms with E-state index < -0.39 is 22.8 Å². The zero-order valence-corrected chi connectivity index (χ0v) is 13.6. The van der Waals surface area contributed by atoms with Gasteiger partial charge < -0.3 is 5.73 Å². The monoisotopic (exact) mass is 351 g/mol. The van der Waals surface area contributed by atoms with Crippen LogP contribution in [0.15, 0.2) is 24.5 Å². The van der Waals surface area contributed by atoms with E-state index in [-0.39, 0.29) is 29.5 Å². The smallest absolute Gasteiger partial charge is 0.383 e. The second kappa shape index (κ2) is 5.68. The van der Waals surface area contributed by atoms with Gasteiger partial charge in [-0.1, -0.05) is 19.9 Å². The van der Waals surface area contributed by atoms with Gasteiger partial charge >= 0.3 is 6.18 Å². The molecule has 1 aliphatic carbocycles. The predicted molar refractivity (Wildman–Crippen MR) is 84.6 cm³/mol. The number of aromatic nitrogens is 4. The summed E-state index contributed by atoms with van der Waals surface area (Å²) < 4.78 is 41.4. The number of Topliss-reactive ketones (excluding diaryl/α,β-unsaturated/α-hetero) is 1. The standard InChI is InChI=1S/C16H16F3N5O/c1-15(2)5-4-10(25)9(8-15)11-12(16(17,18)19)23-24(13(11)20)14-21-6-3-7-22-14/h3,6-8H,4-5,20H2,1-2H3. The number of hydrogen-bond donors (Lipinski definition) is 1. The van der Waals surface area contributed by atoms with Crippen molar-refractivity contribution in [3.63, 3.8) is 0 Å². The van der Waals surface area contributed by atoms with Crippen LogP contribution in [0.2, 0.25) is 0 Å². The van der Waals surface area contributed by atoms with E-state index in [9.17, 15) is 18.0 Å². The van der Waals surface area contributed by atoms with Gasteiger partial charge in [-0.15, -0.1) is 0 Å². The van der Waals surface area contributed by atoms with Crippen LogP contribution in [0.4, 0.5) is 19.0 Å². The van der Waals surface area contributed by atoms with Crippen molar-refractivity contribution in [1.82, 2.24) is 19.7 Å². The Kier molecular flexibility index (Phi) is 3.89. The van der Waals surface area contributed by atoms with E-state index in [0.29, 0.717) is 6.42 Å². The highest BCUT2D eigenvalue weighted by atomic mass is 19.4. The summed E-state index contributed by atoms with van der Waals surface area (Å²) in [5.41, 5.74) is 3.86. The van der Waals surface area contributed by atoms with Gasteiger partial charge in [-0.3, -0.25) is 4.79 Å². The van der Waals surface area contributed by atoms with E-state index in [1.807, 2.05) is 13.8 Å². The molecule has 9 heteroatoms. The molecule has 0 unspecified atom stereocenters. The molecule has 2 heterocycles. The van der Waals surface area contributed by atoms with Gasteiger partial charge in [0.05, 0.1) is 5.56 Å². The van der Waals surface area contributed by atoms with Crippen molar-refractivity contribution >= 4 is 17.2 Å². The maximum Gasteiger partial charge on any atom is 0.435 e. The van der Waals surface area contributed by atoms with Gasteiger partial charge in [-0.05, 0) is 17.9 Å². The van der Waals surface area contributed by atoms with E-state index in [1.54, 1.807) is 0 Å². The van der Waals surface area contributed by atoms with Crippen LogP contribution in [-0.2, 0) is 11.0 Å². The van der Waals surface area contributed by atoms with Crippen molar-refractivity contribution in [1.29, 1.82) is 0 Å². The third kappa shape index (κ3) is 3.13. The molecule has 0 aliphatic heterocycles. The number of halogens is 3. The molecule has 0 amide bonds. The van der Waals surface area contributed by atoms with E-state index in [0.717, 1.165) is 4.68 Å². The molecule has 0 fully saturated rings. The quantitative estimate of drug-likeness (QED) is 0.899. The number of anilines is 1. The van der Waals surface area contributed by atoms with Crippen molar-refractivity contribution in [2.45, 2.75) is 32.9 Å². The molecule has 25 heavy (non-hydrogen) atoms. The molecule has 0 spiro atoms. The Morgan fingerprint density at radius 2 is 1.88 bits per heavy atom. The third-order valence-electron chi connectivity index (χ3n) is 4.03. The van der Waals surface area contributed by atoms with Crippen LogP contribution < -0.4 is 5.73 Å². The molecule has 2 aromatic rings. The van der Waals surface area contributed by atoms with E-state index in [2.05, 4.69) is 15.1 Å². The minimum absolute atomic E-state index is 0.0525. The minimum Gasteiger partial charge on any atom is -0.383 e. The van der Waals surface area contributed by atoms with Crippen LogP contribution in [0.1, 0.15) is 37.9 Å². The van der Waals surface area contributed by atoms with Gasteiger partial charge in [0.25, 0.3) is 5.95 Å². The Morgan fingerprint density at radius 3 is 2.48 bits per heavy atom. The molecule has 2 aromatic heterocycles. The number of carbonyl (C=O) groups is 1. The van der Waals surface area contributed by atoms with Gasteiger partial charge in [-0.2, -0.15) is 23.0 Å². The largest absolute Gasteiger partial charge is 0.435 e. The molecule has 0 saturated heterocycles. The highest BCUT2D eigenvalue weighted by Crippen LogP contribution is 2.42. The molecule has 3 rings (SSSR count). The van der Waals surface area contributed by atoms with Crippen LogP contribution >= 0.6 is 0 Å². The summed E-state index contributed by atoms with van der Waals surface area (Å²) in [4.78, 5) is 20.1. The van der Waals surface area contributed by atoms with Crippen molar-refractivity contribution in [3.05, 3.63) is 35.8 Å². The summed E-state index contributed by atoms with van der Waals surface area (Å²) in [7, 11) is 0. The number of nitrogens with two attached hydrogens (primary N) is 1. The number of ketones is 1. The number of nitrogens with zero attached hydrogens (tertiary/aromatic N) is 4. The van der Waals surface area contributed by atoms with E-state index in [1.165, 1.54) is 24.5 Å². The molecule has 0 aromatic carbocycles. The van der Waals surface area contributed by atoms with Crippen LogP contribution in [0.5, 0.6) is 0 Å². The summed E-state index contributed by atoms with van der Waals surface area (Å²) in [5.74, 6) is -0.791. The van der Waals surface area contributed by atoms with Gasteiger partial charge in [-0.25, -0.2) is 9.97 Å². The zero-order valence-electron chi connectivity index (χ0n) is 13.6. The second-order valence-corrected chi connectivity index (χ2v) is 6.54. The van der Waals surface area contributed by atoms with Crippen molar-refractivity contribution in [2.75, 3.05) is 5.73 Å². The molecular formula is C16H16F3N5O. The molecule has 0 atom stereocenters. The first-order valence-electron chi connectivity index (χ1n) is 7.60. The zero-order chi connectivity index (χ0) is 18.4. The topological polar surface area (TPSA) is 86.7 Å². The Balaban J connectivity index is 2.27. The number of allylic oxidation sites excluding steroid dienone is 2. The first-order valence-corrected chi connectivity index (χ1v) is 7.60. The average Bonchev–Trinajstić information content (AvgIpc) is 2.88. The van der Waals surface area contributed by atoms with Crippen LogP contribution in [0.25, 0.3) is 11.5 Å². The molecule has 0 saturated carbocycles. The molecule has 0 radical (unpaired) electrons. The molecule has 1 aliphatic rings. The van der Waals surface area contributed by atoms with Gasteiger partial charge in [0, 0.05) is 24.4 Å². The fraction of sp³-hybridized carbons (Fsp3) is 0.375. The maximum absolute atomic E-state index is 13.5. The lowest BCUT2D eigenvalue weighted by Gasteiger charge is -2.26. The lowest BCUT2D eigenvalue weighted by molar-refractivity contribution is -0.141. The third-order valence-corrected chi connectivity index (χ3v) is 4.03. The summed E-state index contributed by atoms with van der Waals surface area (Å²) in [6, 6.07) is 1.52. The van der Waals surface area contributed by atoms with Gasteiger partial charge in [0.15, 0.2) is 11.5 Å². The van der Waals surface area contributed by atoms with Crippen molar-refractivity contribution < 1.29 is 18.0 Å². The SMILES string of the molecule is CC1(C)C=C(c2c(C(F)(F)F)nn(-c3ncccn3)c2N)C(=O)CC1. The lowest BCUT2D eigenvalue weighted by atomic mass is 9.77. The van der Waals surface area contributed by atoms with Crippen molar-refractivity contribution in [2.24, 2.45) is 5.41 Å². The van der Waals surface area contributed by atoms with Gasteiger partial charge in [0.1, 0.15) is 5.82 Å². The maximum atomic E-state index is 13.5. The summed E-state index contributed by atoms with van der Waals surface area (Å²) >= 11 is 0. The highest BCUT2D eigenvalue weighted by Gasteiger charge is 2.42. The Bertz CT molecular complexity index is 853. The Hall–Kier alpha value is -2.71. The van der Waals surface area contributed by atoms with Crippen LogP contribution in [0, 0.1) is 5.41 Å². The summed E-state index contributed by atoms with van der Waals surface area (Å²) in [6.07, 6.45) is 0.216. The van der Waals surface area contributed by atoms with Crippen LogP contribution in [0.3, 0.4) is 0 Å². The first-order chi connectivity index (χ1) is 11.6. The minimum atomic E-state index is -4.77.